The number of benzene rings is 1. The van der Waals surface area contributed by atoms with E-state index in [4.69, 9.17) is 10.5 Å². The van der Waals surface area contributed by atoms with E-state index in [1.54, 1.807) is 11.3 Å². The van der Waals surface area contributed by atoms with E-state index in [0.717, 1.165) is 22.2 Å². The third-order valence-electron chi connectivity index (χ3n) is 3.03. The molecular weight excluding hydrogens is 298 g/mol. The number of hydrogen-bond acceptors (Lipinski definition) is 3. The molecule has 0 spiro atoms. The molecule has 0 saturated carbocycles. The highest BCUT2D eigenvalue weighted by molar-refractivity contribution is 9.10. The van der Waals surface area contributed by atoms with Crippen LogP contribution in [-0.4, -0.2) is 0 Å². The number of rotatable bonds is 1. The van der Waals surface area contributed by atoms with Crippen LogP contribution in [0.15, 0.2) is 39.5 Å². The Kier molecular flexibility index (Phi) is 2.94. The molecule has 1 aliphatic rings. The predicted molar refractivity (Wildman–Crippen MR) is 73.4 cm³/mol. The van der Waals surface area contributed by atoms with Crippen molar-refractivity contribution in [1.82, 2.24) is 0 Å². The Hall–Kier alpha value is -0.840. The van der Waals surface area contributed by atoms with Gasteiger partial charge in [0.2, 0.25) is 0 Å². The fourth-order valence-electron chi connectivity index (χ4n) is 2.14. The highest BCUT2D eigenvalue weighted by atomic mass is 79.9. The molecule has 2 atom stereocenters. The van der Waals surface area contributed by atoms with E-state index in [0.29, 0.717) is 0 Å². The van der Waals surface area contributed by atoms with Crippen molar-refractivity contribution in [3.63, 3.8) is 0 Å². The molecule has 0 amide bonds. The molecule has 3 rings (SSSR count). The average molecular weight is 310 g/mol. The molecule has 0 bridgehead atoms. The third kappa shape index (κ3) is 2.12. The summed E-state index contributed by atoms with van der Waals surface area (Å²) in [4.78, 5) is 0. The van der Waals surface area contributed by atoms with E-state index in [2.05, 4.69) is 32.8 Å². The van der Waals surface area contributed by atoms with Gasteiger partial charge in [0.1, 0.15) is 11.9 Å². The first-order valence-corrected chi connectivity index (χ1v) is 7.21. The maximum Gasteiger partial charge on any atom is 0.126 e. The first kappa shape index (κ1) is 11.3. The van der Waals surface area contributed by atoms with Gasteiger partial charge in [-0.25, -0.2) is 0 Å². The van der Waals surface area contributed by atoms with Crippen LogP contribution in [0.1, 0.15) is 29.7 Å². The lowest BCUT2D eigenvalue weighted by Gasteiger charge is -2.30. The van der Waals surface area contributed by atoms with Crippen LogP contribution in [0.3, 0.4) is 0 Å². The van der Waals surface area contributed by atoms with Crippen molar-refractivity contribution >= 4 is 27.3 Å². The van der Waals surface area contributed by atoms with Gasteiger partial charge in [0.25, 0.3) is 0 Å². The molecule has 17 heavy (non-hydrogen) atoms. The number of halogens is 1. The number of thiophene rings is 1. The van der Waals surface area contributed by atoms with Crippen molar-refractivity contribution < 1.29 is 4.74 Å². The zero-order valence-corrected chi connectivity index (χ0v) is 11.5. The van der Waals surface area contributed by atoms with Crippen LogP contribution < -0.4 is 10.5 Å². The predicted octanol–water partition coefficient (Wildman–Crippen LogP) is 4.03. The Bertz CT molecular complexity index is 526. The van der Waals surface area contributed by atoms with Gasteiger partial charge in [0.05, 0.1) is 0 Å². The van der Waals surface area contributed by atoms with Gasteiger partial charge in [-0.1, -0.05) is 22.0 Å². The number of ether oxygens (including phenoxy) is 1. The second-order valence-electron chi connectivity index (χ2n) is 4.19. The van der Waals surface area contributed by atoms with E-state index in [1.165, 1.54) is 5.56 Å². The molecule has 2 heterocycles. The maximum atomic E-state index is 6.20. The van der Waals surface area contributed by atoms with Gasteiger partial charge in [0.15, 0.2) is 0 Å². The Morgan fingerprint density at radius 3 is 3.00 bits per heavy atom. The Morgan fingerprint density at radius 1 is 1.35 bits per heavy atom. The molecule has 2 unspecified atom stereocenters. The smallest absolute Gasteiger partial charge is 0.126 e. The third-order valence-corrected chi connectivity index (χ3v) is 4.22. The summed E-state index contributed by atoms with van der Waals surface area (Å²) in [5.41, 5.74) is 8.52. The topological polar surface area (TPSA) is 35.2 Å². The average Bonchev–Trinajstić information content (AvgIpc) is 2.81. The fourth-order valence-corrected chi connectivity index (χ4v) is 3.18. The quantitative estimate of drug-likeness (QED) is 0.863. The summed E-state index contributed by atoms with van der Waals surface area (Å²) in [5, 5.41) is 4.20. The minimum atomic E-state index is 0.0525. The van der Waals surface area contributed by atoms with Gasteiger partial charge in [0, 0.05) is 28.1 Å². The minimum absolute atomic E-state index is 0.0525. The van der Waals surface area contributed by atoms with E-state index >= 15 is 0 Å². The zero-order valence-electron chi connectivity index (χ0n) is 9.10. The highest BCUT2D eigenvalue weighted by Gasteiger charge is 2.27. The molecule has 1 aliphatic heterocycles. The summed E-state index contributed by atoms with van der Waals surface area (Å²) in [6.07, 6.45) is 0.920. The first-order valence-electron chi connectivity index (χ1n) is 5.48. The van der Waals surface area contributed by atoms with Gasteiger partial charge in [-0.2, -0.15) is 11.3 Å². The first-order chi connectivity index (χ1) is 8.24. The molecular formula is C13H12BrNOS. The van der Waals surface area contributed by atoms with E-state index in [-0.39, 0.29) is 12.1 Å². The van der Waals surface area contributed by atoms with Crippen LogP contribution in [0.25, 0.3) is 0 Å². The van der Waals surface area contributed by atoms with Crippen molar-refractivity contribution in [1.29, 1.82) is 0 Å². The van der Waals surface area contributed by atoms with Crippen molar-refractivity contribution in [3.8, 4) is 5.75 Å². The molecule has 0 aliphatic carbocycles. The van der Waals surface area contributed by atoms with Crippen molar-refractivity contribution in [3.05, 3.63) is 50.6 Å². The zero-order chi connectivity index (χ0) is 11.8. The normalized spacial score (nSPS) is 22.9. The van der Waals surface area contributed by atoms with Crippen molar-refractivity contribution in [2.45, 2.75) is 18.6 Å². The van der Waals surface area contributed by atoms with Gasteiger partial charge in [-0.3, -0.25) is 0 Å². The second-order valence-corrected chi connectivity index (χ2v) is 5.88. The van der Waals surface area contributed by atoms with Crippen LogP contribution in [-0.2, 0) is 0 Å². The van der Waals surface area contributed by atoms with Crippen LogP contribution in [0.2, 0.25) is 0 Å². The summed E-state index contributed by atoms with van der Waals surface area (Å²) < 4.78 is 7.05. The summed E-state index contributed by atoms with van der Waals surface area (Å²) in [5.74, 6) is 0.898. The van der Waals surface area contributed by atoms with E-state index in [9.17, 15) is 0 Å². The molecule has 2 N–H and O–H groups in total. The lowest BCUT2D eigenvalue weighted by atomic mass is 9.95. The molecule has 2 nitrogen and oxygen atoms in total. The summed E-state index contributed by atoms with van der Waals surface area (Å²) in [7, 11) is 0. The number of nitrogens with two attached hydrogens (primary N) is 1. The van der Waals surface area contributed by atoms with E-state index in [1.807, 2.05) is 18.2 Å². The molecule has 4 heteroatoms. The molecule has 0 saturated heterocycles. The van der Waals surface area contributed by atoms with Crippen molar-refractivity contribution in [2.75, 3.05) is 0 Å². The minimum Gasteiger partial charge on any atom is -0.485 e. The Morgan fingerprint density at radius 2 is 2.24 bits per heavy atom. The summed E-state index contributed by atoms with van der Waals surface area (Å²) in [6, 6.07) is 8.19. The molecule has 0 fully saturated rings. The molecule has 88 valence electrons. The standard InChI is InChI=1S/C13H12BrNOS/c14-9-1-2-10-11(15)6-12(16-13(10)5-9)8-3-4-17-7-8/h1-5,7,11-12H,6,15H2. The fraction of sp³-hybridized carbons (Fsp3) is 0.231. The maximum absolute atomic E-state index is 6.20. The van der Waals surface area contributed by atoms with Gasteiger partial charge < -0.3 is 10.5 Å². The van der Waals surface area contributed by atoms with Crippen LogP contribution in [0, 0.1) is 0 Å². The largest absolute Gasteiger partial charge is 0.485 e. The van der Waals surface area contributed by atoms with Gasteiger partial charge in [-0.05, 0) is 29.0 Å². The molecule has 1 aromatic carbocycles. The number of fused-ring (bicyclic) bond motifs is 1. The molecule has 0 radical (unpaired) electrons. The van der Waals surface area contributed by atoms with Gasteiger partial charge >= 0.3 is 0 Å². The Balaban J connectivity index is 1.97. The monoisotopic (exact) mass is 309 g/mol. The van der Waals surface area contributed by atoms with Gasteiger partial charge in [-0.15, -0.1) is 0 Å². The molecule has 1 aromatic heterocycles. The highest BCUT2D eigenvalue weighted by Crippen LogP contribution is 2.41. The molecule has 2 aromatic rings. The lowest BCUT2D eigenvalue weighted by Crippen LogP contribution is -2.23. The lowest BCUT2D eigenvalue weighted by molar-refractivity contribution is 0.162. The van der Waals surface area contributed by atoms with Crippen molar-refractivity contribution in [2.24, 2.45) is 5.73 Å². The van der Waals surface area contributed by atoms with Crippen LogP contribution >= 0.6 is 27.3 Å². The SMILES string of the molecule is NC1CC(c2ccsc2)Oc2cc(Br)ccc21. The number of hydrogen-bond donors (Lipinski definition) is 1. The summed E-state index contributed by atoms with van der Waals surface area (Å²) >= 11 is 5.15. The second kappa shape index (κ2) is 4.44. The summed E-state index contributed by atoms with van der Waals surface area (Å²) in [6.45, 7) is 0. The van der Waals surface area contributed by atoms with Crippen LogP contribution in [0.4, 0.5) is 0 Å². The van der Waals surface area contributed by atoms with Crippen LogP contribution in [0.5, 0.6) is 5.75 Å². The van der Waals surface area contributed by atoms with E-state index < -0.39 is 0 Å². The Labute approximate surface area is 113 Å².